The second-order valence-corrected chi connectivity index (χ2v) is 15.9. The Bertz CT molecular complexity index is 173. The van der Waals surface area contributed by atoms with Crippen LogP contribution >= 0.6 is 0 Å². The Hall–Kier alpha value is 0.354. The van der Waals surface area contributed by atoms with Gasteiger partial charge in [-0.25, -0.2) is 0 Å². The maximum absolute atomic E-state index is 3.82. The van der Waals surface area contributed by atoms with Crippen LogP contribution < -0.4 is 9.96 Å². The predicted octanol–water partition coefficient (Wildman–Crippen LogP) is 3.33. The van der Waals surface area contributed by atoms with Crippen molar-refractivity contribution in [3.63, 3.8) is 0 Å². The average molecular weight is 261 g/mol. The van der Waals surface area contributed by atoms with Gasteiger partial charge in [-0.2, -0.15) is 0 Å². The summed E-state index contributed by atoms with van der Waals surface area (Å²) < 4.78 is 0. The highest BCUT2D eigenvalue weighted by Crippen LogP contribution is 2.27. The molecule has 0 radical (unpaired) electrons. The molecule has 0 atom stereocenters. The fourth-order valence-electron chi connectivity index (χ4n) is 2.10. The molecular weight excluding hydrogens is 228 g/mol. The first-order chi connectivity index (χ1) is 7.28. The van der Waals surface area contributed by atoms with E-state index in [0.717, 1.165) is 5.16 Å². The minimum absolute atomic E-state index is 0.859. The minimum Gasteiger partial charge on any atom is -0.337 e. The highest BCUT2D eigenvalue weighted by molar-refractivity contribution is 6.95. The maximum atomic E-state index is 3.82. The van der Waals surface area contributed by atoms with Crippen LogP contribution in [-0.4, -0.2) is 29.6 Å². The van der Waals surface area contributed by atoms with Gasteiger partial charge in [0.1, 0.15) is 16.5 Å². The first-order valence-electron chi connectivity index (χ1n) is 6.78. The lowest BCUT2D eigenvalue weighted by atomic mass is 10.5. The van der Waals surface area contributed by atoms with Crippen LogP contribution in [0.25, 0.3) is 0 Å². The molecule has 0 aliphatic carbocycles. The van der Waals surface area contributed by atoms with Crippen molar-refractivity contribution in [3.8, 4) is 0 Å². The fraction of sp³-hybridized carbons (Fsp3) is 1.00. The zero-order chi connectivity index (χ0) is 12.8. The quantitative estimate of drug-likeness (QED) is 0.654. The molecular formula is C12H32N2Si2. The van der Waals surface area contributed by atoms with Gasteiger partial charge >= 0.3 is 0 Å². The Morgan fingerprint density at radius 3 is 1.38 bits per heavy atom. The topological polar surface area (TPSA) is 24.1 Å². The molecule has 0 spiro atoms. The van der Waals surface area contributed by atoms with Gasteiger partial charge in [0.15, 0.2) is 0 Å². The van der Waals surface area contributed by atoms with E-state index in [1.54, 1.807) is 0 Å². The van der Waals surface area contributed by atoms with E-state index in [9.17, 15) is 0 Å². The van der Waals surface area contributed by atoms with E-state index in [1.807, 2.05) is 0 Å². The molecule has 0 aromatic heterocycles. The van der Waals surface area contributed by atoms with Crippen molar-refractivity contribution in [1.29, 1.82) is 0 Å². The zero-order valence-electron chi connectivity index (χ0n) is 12.4. The van der Waals surface area contributed by atoms with Crippen molar-refractivity contribution in [2.24, 2.45) is 0 Å². The highest BCUT2D eigenvalue weighted by Gasteiger charge is 2.40. The van der Waals surface area contributed by atoms with Gasteiger partial charge in [0, 0.05) is 0 Å². The molecule has 16 heavy (non-hydrogen) atoms. The number of rotatable bonds is 8. The van der Waals surface area contributed by atoms with E-state index in [-0.39, 0.29) is 0 Å². The Balaban J connectivity index is 4.42. The van der Waals surface area contributed by atoms with Crippen LogP contribution in [-0.2, 0) is 0 Å². The van der Waals surface area contributed by atoms with E-state index in [1.165, 1.54) is 25.9 Å². The zero-order valence-corrected chi connectivity index (χ0v) is 14.4. The molecule has 0 aromatic carbocycles. The largest absolute Gasteiger partial charge is 0.337 e. The molecule has 0 unspecified atom stereocenters. The highest BCUT2D eigenvalue weighted by atomic mass is 28.4. The van der Waals surface area contributed by atoms with Crippen molar-refractivity contribution in [2.45, 2.75) is 65.0 Å². The summed E-state index contributed by atoms with van der Waals surface area (Å²) >= 11 is 0. The monoisotopic (exact) mass is 260 g/mol. The number of hydrogen-bond acceptors (Lipinski definition) is 2. The Labute approximate surface area is 105 Å². The van der Waals surface area contributed by atoms with Crippen LogP contribution in [0.4, 0.5) is 0 Å². The molecule has 0 heterocycles. The summed E-state index contributed by atoms with van der Waals surface area (Å²) in [6, 6.07) is 0. The van der Waals surface area contributed by atoms with Gasteiger partial charge in [0.05, 0.1) is 0 Å². The second-order valence-electron chi connectivity index (χ2n) is 6.02. The van der Waals surface area contributed by atoms with Gasteiger partial charge in [0.25, 0.3) is 0 Å². The summed E-state index contributed by atoms with van der Waals surface area (Å²) in [7, 11) is -2.53. The summed E-state index contributed by atoms with van der Waals surface area (Å²) in [5, 5.41) is 0.859. The van der Waals surface area contributed by atoms with Gasteiger partial charge in [-0.3, -0.25) is 0 Å². The van der Waals surface area contributed by atoms with E-state index < -0.39 is 16.5 Å². The van der Waals surface area contributed by atoms with Crippen molar-refractivity contribution in [1.82, 2.24) is 9.96 Å². The molecule has 98 valence electrons. The third-order valence-corrected chi connectivity index (χ3v) is 14.8. The molecule has 0 saturated heterocycles. The van der Waals surface area contributed by atoms with Crippen molar-refractivity contribution in [3.05, 3.63) is 0 Å². The SMILES string of the molecule is CCCN[Si](C)(C)C(C)[Si](C)(C)NCCC. The van der Waals surface area contributed by atoms with Crippen LogP contribution in [0.1, 0.15) is 33.6 Å². The maximum Gasteiger partial charge on any atom is 0.120 e. The lowest BCUT2D eigenvalue weighted by Crippen LogP contribution is -2.61. The van der Waals surface area contributed by atoms with Gasteiger partial charge < -0.3 is 9.96 Å². The molecule has 0 saturated carbocycles. The molecule has 2 nitrogen and oxygen atoms in total. The van der Waals surface area contributed by atoms with E-state index in [0.29, 0.717) is 0 Å². The predicted molar refractivity (Wildman–Crippen MR) is 81.0 cm³/mol. The van der Waals surface area contributed by atoms with Crippen LogP contribution in [0.15, 0.2) is 0 Å². The number of hydrogen-bond donors (Lipinski definition) is 2. The lowest BCUT2D eigenvalue weighted by Gasteiger charge is -2.40. The van der Waals surface area contributed by atoms with Crippen LogP contribution in [0.2, 0.25) is 31.4 Å². The minimum atomic E-state index is -1.26. The van der Waals surface area contributed by atoms with Crippen molar-refractivity contribution in [2.75, 3.05) is 13.1 Å². The van der Waals surface area contributed by atoms with Gasteiger partial charge in [-0.1, -0.05) is 47.0 Å². The van der Waals surface area contributed by atoms with E-state index in [4.69, 9.17) is 0 Å². The normalized spacial score (nSPS) is 13.5. The Kier molecular flexibility index (Phi) is 7.09. The first kappa shape index (κ1) is 16.4. The molecule has 0 bridgehead atoms. The van der Waals surface area contributed by atoms with Gasteiger partial charge in [-0.05, 0) is 31.1 Å². The van der Waals surface area contributed by atoms with Gasteiger partial charge in [-0.15, -0.1) is 0 Å². The third-order valence-electron chi connectivity index (χ3n) is 3.83. The molecule has 4 heteroatoms. The van der Waals surface area contributed by atoms with Gasteiger partial charge in [0.2, 0.25) is 0 Å². The molecule has 0 fully saturated rings. The summed E-state index contributed by atoms with van der Waals surface area (Å²) in [6.07, 6.45) is 2.49. The average Bonchev–Trinajstić information content (AvgIpc) is 2.22. The van der Waals surface area contributed by atoms with Crippen LogP contribution in [0, 0.1) is 0 Å². The van der Waals surface area contributed by atoms with Crippen molar-refractivity contribution < 1.29 is 0 Å². The number of nitrogens with one attached hydrogen (secondary N) is 2. The summed E-state index contributed by atoms with van der Waals surface area (Å²) in [5.41, 5.74) is 0. The Morgan fingerprint density at radius 2 is 1.12 bits per heavy atom. The Morgan fingerprint density at radius 1 is 0.812 bits per heavy atom. The summed E-state index contributed by atoms with van der Waals surface area (Å²) in [6.45, 7) is 19.3. The smallest absolute Gasteiger partial charge is 0.120 e. The van der Waals surface area contributed by atoms with E-state index in [2.05, 4.69) is 56.9 Å². The molecule has 0 aromatic rings. The van der Waals surface area contributed by atoms with Crippen LogP contribution in [0.3, 0.4) is 0 Å². The molecule has 0 aliphatic rings. The fourth-order valence-corrected chi connectivity index (χ4v) is 12.3. The van der Waals surface area contributed by atoms with E-state index >= 15 is 0 Å². The van der Waals surface area contributed by atoms with Crippen LogP contribution in [0.5, 0.6) is 0 Å². The molecule has 2 N–H and O–H groups in total. The molecule has 0 rings (SSSR count). The summed E-state index contributed by atoms with van der Waals surface area (Å²) in [5.74, 6) is 0. The summed E-state index contributed by atoms with van der Waals surface area (Å²) in [4.78, 5) is 7.65. The molecule has 0 aliphatic heterocycles. The second kappa shape index (κ2) is 6.94. The standard InChI is InChI=1S/C12H32N2Si2/c1-8-10-13-15(4,5)12(3)16(6,7)14-11-9-2/h12-14H,8-11H2,1-7H3. The van der Waals surface area contributed by atoms with Crippen molar-refractivity contribution >= 4 is 16.5 Å². The third kappa shape index (κ3) is 5.12. The first-order valence-corrected chi connectivity index (χ1v) is 12.9. The lowest BCUT2D eigenvalue weighted by molar-refractivity contribution is 0.802. The molecule has 0 amide bonds.